The van der Waals surface area contributed by atoms with E-state index in [-0.39, 0.29) is 17.9 Å². The molecular weight excluding hydrogens is 310 g/mol. The Labute approximate surface area is 141 Å². The van der Waals surface area contributed by atoms with Crippen molar-refractivity contribution in [3.8, 4) is 11.5 Å². The van der Waals surface area contributed by atoms with Crippen LogP contribution in [0.15, 0.2) is 24.8 Å². The van der Waals surface area contributed by atoms with Crippen LogP contribution < -0.4 is 14.8 Å². The van der Waals surface area contributed by atoms with Gasteiger partial charge in [-0.05, 0) is 37.8 Å². The average Bonchev–Trinajstić information content (AvgIpc) is 3.03. The highest BCUT2D eigenvalue weighted by Gasteiger charge is 2.31. The van der Waals surface area contributed by atoms with E-state index in [0.717, 1.165) is 5.56 Å². The zero-order chi connectivity index (χ0) is 17.7. The monoisotopic (exact) mass is 333 g/mol. The highest BCUT2D eigenvalue weighted by molar-refractivity contribution is 5.95. The van der Waals surface area contributed by atoms with Gasteiger partial charge in [-0.1, -0.05) is 6.08 Å². The van der Waals surface area contributed by atoms with Gasteiger partial charge in [0, 0.05) is 17.2 Å². The molecule has 0 bridgehead atoms. The smallest absolute Gasteiger partial charge is 0.306 e. The van der Waals surface area contributed by atoms with Crippen molar-refractivity contribution < 1.29 is 24.2 Å². The van der Waals surface area contributed by atoms with Crippen molar-refractivity contribution in [3.63, 3.8) is 0 Å². The van der Waals surface area contributed by atoms with E-state index in [4.69, 9.17) is 14.6 Å². The standard InChI is InChI=1S/C18H23NO5/c1-4-5-11-8-13(10-15(23-2)16(11)24-3)17(20)19-14-7-6-12(9-14)18(21)22/h4,8,10,12,14H,1,5-7,9H2,2-3H3,(H,19,20)(H,21,22)/t12-,14+/m1/s1. The number of hydrogen-bond donors (Lipinski definition) is 2. The number of carbonyl (C=O) groups excluding carboxylic acids is 1. The number of hydrogen-bond acceptors (Lipinski definition) is 4. The van der Waals surface area contributed by atoms with Crippen LogP contribution in [0.2, 0.25) is 0 Å². The van der Waals surface area contributed by atoms with E-state index in [1.165, 1.54) is 7.11 Å². The van der Waals surface area contributed by atoms with E-state index in [0.29, 0.717) is 42.7 Å². The van der Waals surface area contributed by atoms with Crippen LogP contribution in [0.25, 0.3) is 0 Å². The summed E-state index contributed by atoms with van der Waals surface area (Å²) in [5.41, 5.74) is 1.27. The van der Waals surface area contributed by atoms with Gasteiger partial charge in [-0.3, -0.25) is 9.59 Å². The predicted octanol–water partition coefficient (Wildman–Crippen LogP) is 2.42. The molecule has 0 spiro atoms. The quantitative estimate of drug-likeness (QED) is 0.749. The number of allylic oxidation sites excluding steroid dienone is 1. The maximum Gasteiger partial charge on any atom is 0.306 e. The molecule has 0 unspecified atom stereocenters. The van der Waals surface area contributed by atoms with E-state index in [9.17, 15) is 9.59 Å². The molecule has 2 N–H and O–H groups in total. The third kappa shape index (κ3) is 3.88. The Hall–Kier alpha value is -2.50. The molecule has 24 heavy (non-hydrogen) atoms. The summed E-state index contributed by atoms with van der Waals surface area (Å²) < 4.78 is 10.7. The number of ether oxygens (including phenoxy) is 2. The van der Waals surface area contributed by atoms with Crippen LogP contribution in [0.4, 0.5) is 0 Å². The van der Waals surface area contributed by atoms with Crippen LogP contribution in [-0.2, 0) is 11.2 Å². The number of carboxylic acid groups (broad SMARTS) is 1. The molecule has 1 amide bonds. The maximum absolute atomic E-state index is 12.5. The molecule has 1 aromatic carbocycles. The minimum absolute atomic E-state index is 0.116. The SMILES string of the molecule is C=CCc1cc(C(=O)N[C@H]2CC[C@@H](C(=O)O)C2)cc(OC)c1OC. The summed E-state index contributed by atoms with van der Waals surface area (Å²) >= 11 is 0. The Morgan fingerprint density at radius 3 is 2.62 bits per heavy atom. The first-order valence-electron chi connectivity index (χ1n) is 7.89. The highest BCUT2D eigenvalue weighted by atomic mass is 16.5. The number of methoxy groups -OCH3 is 2. The fourth-order valence-corrected chi connectivity index (χ4v) is 3.09. The van der Waals surface area contributed by atoms with Gasteiger partial charge in [-0.15, -0.1) is 6.58 Å². The Morgan fingerprint density at radius 1 is 1.33 bits per heavy atom. The number of carbonyl (C=O) groups is 2. The molecular formula is C18H23NO5. The van der Waals surface area contributed by atoms with Gasteiger partial charge in [0.25, 0.3) is 5.91 Å². The first-order valence-corrected chi connectivity index (χ1v) is 7.89. The largest absolute Gasteiger partial charge is 0.493 e. The minimum Gasteiger partial charge on any atom is -0.493 e. The zero-order valence-corrected chi connectivity index (χ0v) is 14.0. The number of nitrogens with one attached hydrogen (secondary N) is 1. The fourth-order valence-electron chi connectivity index (χ4n) is 3.09. The molecule has 6 nitrogen and oxygen atoms in total. The second kappa shape index (κ2) is 7.86. The first-order chi connectivity index (χ1) is 11.5. The van der Waals surface area contributed by atoms with Crippen molar-refractivity contribution >= 4 is 11.9 Å². The number of carboxylic acids is 1. The van der Waals surface area contributed by atoms with Gasteiger partial charge in [0.15, 0.2) is 11.5 Å². The van der Waals surface area contributed by atoms with Gasteiger partial charge in [0.05, 0.1) is 20.1 Å². The van der Waals surface area contributed by atoms with Crippen LogP contribution in [0, 0.1) is 5.92 Å². The second-order valence-corrected chi connectivity index (χ2v) is 5.88. The zero-order valence-electron chi connectivity index (χ0n) is 14.0. The average molecular weight is 333 g/mol. The van der Waals surface area contributed by atoms with Gasteiger partial charge in [0.1, 0.15) is 0 Å². The van der Waals surface area contributed by atoms with Crippen molar-refractivity contribution in [2.45, 2.75) is 31.7 Å². The maximum atomic E-state index is 12.5. The molecule has 1 aliphatic rings. The summed E-state index contributed by atoms with van der Waals surface area (Å²) in [4.78, 5) is 23.5. The van der Waals surface area contributed by atoms with E-state index in [1.807, 2.05) is 0 Å². The van der Waals surface area contributed by atoms with Gasteiger partial charge >= 0.3 is 5.97 Å². The molecule has 6 heteroatoms. The summed E-state index contributed by atoms with van der Waals surface area (Å²) in [6.07, 6.45) is 4.01. The molecule has 1 aromatic rings. The molecule has 2 rings (SSSR count). The molecule has 0 aliphatic heterocycles. The van der Waals surface area contributed by atoms with Gasteiger partial charge in [0.2, 0.25) is 0 Å². The van der Waals surface area contributed by atoms with Gasteiger partial charge in [-0.25, -0.2) is 0 Å². The summed E-state index contributed by atoms with van der Waals surface area (Å²) in [6, 6.07) is 3.27. The molecule has 0 radical (unpaired) electrons. The normalized spacial score (nSPS) is 19.6. The van der Waals surface area contributed by atoms with Crippen molar-refractivity contribution in [3.05, 3.63) is 35.9 Å². The highest BCUT2D eigenvalue weighted by Crippen LogP contribution is 2.33. The number of aliphatic carboxylic acids is 1. The number of benzene rings is 1. The Kier molecular flexibility index (Phi) is 5.84. The molecule has 2 atom stereocenters. The molecule has 1 aliphatic carbocycles. The summed E-state index contributed by atoms with van der Waals surface area (Å²) in [7, 11) is 3.07. The van der Waals surface area contributed by atoms with Gasteiger partial charge < -0.3 is 19.9 Å². The van der Waals surface area contributed by atoms with Crippen LogP contribution in [0.5, 0.6) is 11.5 Å². The van der Waals surface area contributed by atoms with Crippen molar-refractivity contribution in [1.29, 1.82) is 0 Å². The first kappa shape index (κ1) is 17.8. The summed E-state index contributed by atoms with van der Waals surface area (Å²) in [5, 5.41) is 12.0. The fraction of sp³-hybridized carbons (Fsp3) is 0.444. The van der Waals surface area contributed by atoms with E-state index >= 15 is 0 Å². The topological polar surface area (TPSA) is 84.9 Å². The van der Waals surface area contributed by atoms with E-state index in [2.05, 4.69) is 11.9 Å². The Bertz CT molecular complexity index is 641. The number of rotatable bonds is 7. The molecule has 0 heterocycles. The second-order valence-electron chi connectivity index (χ2n) is 5.88. The van der Waals surface area contributed by atoms with Crippen molar-refractivity contribution in [1.82, 2.24) is 5.32 Å². The molecule has 1 fully saturated rings. The van der Waals surface area contributed by atoms with Crippen LogP contribution in [0.3, 0.4) is 0 Å². The lowest BCUT2D eigenvalue weighted by Gasteiger charge is -2.16. The lowest BCUT2D eigenvalue weighted by atomic mass is 10.0. The van der Waals surface area contributed by atoms with Crippen LogP contribution in [0.1, 0.15) is 35.2 Å². The lowest BCUT2D eigenvalue weighted by Crippen LogP contribution is -2.33. The lowest BCUT2D eigenvalue weighted by molar-refractivity contribution is -0.141. The molecule has 0 aromatic heterocycles. The predicted molar refractivity (Wildman–Crippen MR) is 89.7 cm³/mol. The number of amides is 1. The Balaban J connectivity index is 2.18. The molecule has 0 saturated heterocycles. The Morgan fingerprint density at radius 2 is 2.08 bits per heavy atom. The third-order valence-electron chi connectivity index (χ3n) is 4.30. The summed E-state index contributed by atoms with van der Waals surface area (Å²) in [5.74, 6) is -0.349. The molecule has 1 saturated carbocycles. The van der Waals surface area contributed by atoms with Crippen LogP contribution in [-0.4, -0.2) is 37.2 Å². The van der Waals surface area contributed by atoms with Crippen molar-refractivity contribution in [2.75, 3.05) is 14.2 Å². The molecule has 130 valence electrons. The van der Waals surface area contributed by atoms with Crippen LogP contribution >= 0.6 is 0 Å². The third-order valence-corrected chi connectivity index (χ3v) is 4.30. The minimum atomic E-state index is -0.800. The van der Waals surface area contributed by atoms with Crippen molar-refractivity contribution in [2.24, 2.45) is 5.92 Å². The van der Waals surface area contributed by atoms with E-state index in [1.54, 1.807) is 25.3 Å². The van der Waals surface area contributed by atoms with Gasteiger partial charge in [-0.2, -0.15) is 0 Å². The van der Waals surface area contributed by atoms with E-state index < -0.39 is 5.97 Å². The summed E-state index contributed by atoms with van der Waals surface area (Å²) in [6.45, 7) is 3.72.